The first-order chi connectivity index (χ1) is 7.70. The Hall–Kier alpha value is -1.57. The standard InChI is InChI=1S/C14H18N2/c1-11(2)14(12-7-5-4-6-8-12)13-9-10-15-16(13)3/h4-11,14H,1-3H3. The lowest BCUT2D eigenvalue weighted by atomic mass is 9.86. The molecule has 1 aromatic carbocycles. The first-order valence-electron chi connectivity index (χ1n) is 5.73. The van der Waals surface area contributed by atoms with Crippen molar-refractivity contribution in [1.29, 1.82) is 0 Å². The van der Waals surface area contributed by atoms with Crippen molar-refractivity contribution in [2.75, 3.05) is 0 Å². The zero-order chi connectivity index (χ0) is 11.5. The quantitative estimate of drug-likeness (QED) is 0.767. The summed E-state index contributed by atoms with van der Waals surface area (Å²) < 4.78 is 1.97. The topological polar surface area (TPSA) is 17.8 Å². The molecule has 0 aliphatic rings. The maximum absolute atomic E-state index is 4.26. The van der Waals surface area contributed by atoms with E-state index in [0.29, 0.717) is 11.8 Å². The molecule has 0 amide bonds. The predicted octanol–water partition coefficient (Wildman–Crippen LogP) is 3.21. The minimum absolute atomic E-state index is 0.425. The molecule has 2 rings (SSSR count). The van der Waals surface area contributed by atoms with Crippen molar-refractivity contribution in [1.82, 2.24) is 9.78 Å². The van der Waals surface area contributed by atoms with Gasteiger partial charge in [0.15, 0.2) is 0 Å². The highest BCUT2D eigenvalue weighted by Gasteiger charge is 2.20. The molecular weight excluding hydrogens is 196 g/mol. The number of aryl methyl sites for hydroxylation is 1. The molecule has 0 spiro atoms. The number of benzene rings is 1. The van der Waals surface area contributed by atoms with E-state index in [9.17, 15) is 0 Å². The molecule has 0 saturated carbocycles. The van der Waals surface area contributed by atoms with Gasteiger partial charge in [-0.15, -0.1) is 0 Å². The summed E-state index contributed by atoms with van der Waals surface area (Å²) >= 11 is 0. The predicted molar refractivity (Wildman–Crippen MR) is 66.3 cm³/mol. The van der Waals surface area contributed by atoms with Crippen LogP contribution < -0.4 is 0 Å². The smallest absolute Gasteiger partial charge is 0.0492 e. The Labute approximate surface area is 96.9 Å². The highest BCUT2D eigenvalue weighted by molar-refractivity contribution is 5.28. The van der Waals surface area contributed by atoms with Crippen LogP contribution in [0.5, 0.6) is 0 Å². The van der Waals surface area contributed by atoms with E-state index < -0.39 is 0 Å². The molecule has 0 N–H and O–H groups in total. The average molecular weight is 214 g/mol. The lowest BCUT2D eigenvalue weighted by molar-refractivity contribution is 0.524. The highest BCUT2D eigenvalue weighted by Crippen LogP contribution is 2.30. The van der Waals surface area contributed by atoms with E-state index in [1.54, 1.807) is 0 Å². The maximum atomic E-state index is 4.26. The lowest BCUT2D eigenvalue weighted by Crippen LogP contribution is -2.12. The Kier molecular flexibility index (Phi) is 3.09. The first-order valence-corrected chi connectivity index (χ1v) is 5.73. The van der Waals surface area contributed by atoms with E-state index in [1.807, 2.05) is 17.9 Å². The molecule has 1 aromatic heterocycles. The summed E-state index contributed by atoms with van der Waals surface area (Å²) in [7, 11) is 2.01. The van der Waals surface area contributed by atoms with Gasteiger partial charge in [-0.25, -0.2) is 0 Å². The third kappa shape index (κ3) is 2.01. The van der Waals surface area contributed by atoms with Crippen LogP contribution in [0, 0.1) is 5.92 Å². The molecule has 0 aliphatic carbocycles. The van der Waals surface area contributed by atoms with Gasteiger partial charge in [0.25, 0.3) is 0 Å². The molecule has 1 unspecified atom stereocenters. The molecule has 1 atom stereocenters. The summed E-state index contributed by atoms with van der Waals surface area (Å²) in [6.45, 7) is 4.51. The second kappa shape index (κ2) is 4.52. The molecule has 0 bridgehead atoms. The largest absolute Gasteiger partial charge is 0.272 e. The van der Waals surface area contributed by atoms with E-state index in [1.165, 1.54) is 11.3 Å². The number of nitrogens with zero attached hydrogens (tertiary/aromatic N) is 2. The second-order valence-electron chi connectivity index (χ2n) is 4.51. The van der Waals surface area contributed by atoms with Gasteiger partial charge in [0.1, 0.15) is 0 Å². The number of hydrogen-bond acceptors (Lipinski definition) is 1. The van der Waals surface area contributed by atoms with Gasteiger partial charge in [0.05, 0.1) is 0 Å². The summed E-state index contributed by atoms with van der Waals surface area (Å²) in [5, 5.41) is 4.26. The number of hydrogen-bond donors (Lipinski definition) is 0. The summed E-state index contributed by atoms with van der Waals surface area (Å²) in [4.78, 5) is 0. The van der Waals surface area contributed by atoms with Crippen LogP contribution in [0.1, 0.15) is 31.0 Å². The van der Waals surface area contributed by atoms with E-state index in [4.69, 9.17) is 0 Å². The molecule has 0 saturated heterocycles. The van der Waals surface area contributed by atoms with Crippen molar-refractivity contribution in [3.05, 3.63) is 53.9 Å². The van der Waals surface area contributed by atoms with E-state index in [2.05, 4.69) is 55.3 Å². The minimum atomic E-state index is 0.425. The average Bonchev–Trinajstić information content (AvgIpc) is 2.66. The van der Waals surface area contributed by atoms with Gasteiger partial charge in [-0.1, -0.05) is 44.2 Å². The van der Waals surface area contributed by atoms with Crippen LogP contribution in [-0.4, -0.2) is 9.78 Å². The van der Waals surface area contributed by atoms with Gasteiger partial charge in [-0.2, -0.15) is 5.10 Å². The lowest BCUT2D eigenvalue weighted by Gasteiger charge is -2.21. The highest BCUT2D eigenvalue weighted by atomic mass is 15.3. The summed E-state index contributed by atoms with van der Waals surface area (Å²) in [6.07, 6.45) is 1.87. The van der Waals surface area contributed by atoms with Gasteiger partial charge in [0.2, 0.25) is 0 Å². The number of aromatic nitrogens is 2. The third-order valence-electron chi connectivity index (χ3n) is 3.00. The van der Waals surface area contributed by atoms with Crippen molar-refractivity contribution >= 4 is 0 Å². The molecule has 2 heteroatoms. The Morgan fingerprint density at radius 1 is 1.06 bits per heavy atom. The van der Waals surface area contributed by atoms with Crippen LogP contribution in [0.15, 0.2) is 42.6 Å². The van der Waals surface area contributed by atoms with Crippen molar-refractivity contribution in [3.63, 3.8) is 0 Å². The fourth-order valence-electron chi connectivity index (χ4n) is 2.25. The van der Waals surface area contributed by atoms with Gasteiger partial charge in [-0.05, 0) is 17.5 Å². The number of rotatable bonds is 3. The van der Waals surface area contributed by atoms with Crippen molar-refractivity contribution in [3.8, 4) is 0 Å². The van der Waals surface area contributed by atoms with Crippen LogP contribution in [-0.2, 0) is 7.05 Å². The molecule has 0 aliphatic heterocycles. The Bertz CT molecular complexity index is 443. The van der Waals surface area contributed by atoms with Crippen LogP contribution in [0.2, 0.25) is 0 Å². The van der Waals surface area contributed by atoms with Crippen molar-refractivity contribution in [2.24, 2.45) is 13.0 Å². The van der Waals surface area contributed by atoms with Crippen LogP contribution in [0.4, 0.5) is 0 Å². The first kappa shape index (κ1) is 10.9. The summed E-state index contributed by atoms with van der Waals surface area (Å²) in [6, 6.07) is 12.7. The van der Waals surface area contributed by atoms with E-state index >= 15 is 0 Å². The van der Waals surface area contributed by atoms with Crippen molar-refractivity contribution < 1.29 is 0 Å². The fourth-order valence-corrected chi connectivity index (χ4v) is 2.25. The zero-order valence-corrected chi connectivity index (χ0v) is 10.1. The summed E-state index contributed by atoms with van der Waals surface area (Å²) in [5.74, 6) is 0.992. The molecule has 16 heavy (non-hydrogen) atoms. The molecule has 0 radical (unpaired) electrons. The molecule has 2 nitrogen and oxygen atoms in total. The molecule has 0 fully saturated rings. The van der Waals surface area contributed by atoms with Crippen molar-refractivity contribution in [2.45, 2.75) is 19.8 Å². The van der Waals surface area contributed by atoms with E-state index in [-0.39, 0.29) is 0 Å². The van der Waals surface area contributed by atoms with Gasteiger partial charge < -0.3 is 0 Å². The maximum Gasteiger partial charge on any atom is 0.0492 e. The molecule has 2 aromatic rings. The van der Waals surface area contributed by atoms with Crippen LogP contribution in [0.3, 0.4) is 0 Å². The molecule has 1 heterocycles. The molecule has 84 valence electrons. The van der Waals surface area contributed by atoms with Gasteiger partial charge in [0, 0.05) is 24.9 Å². The third-order valence-corrected chi connectivity index (χ3v) is 3.00. The SMILES string of the molecule is CC(C)C(c1ccccc1)c1ccnn1C. The molecular formula is C14H18N2. The zero-order valence-electron chi connectivity index (χ0n) is 10.1. The Balaban J connectivity index is 2.43. The van der Waals surface area contributed by atoms with E-state index in [0.717, 1.165) is 0 Å². The fraction of sp³-hybridized carbons (Fsp3) is 0.357. The second-order valence-corrected chi connectivity index (χ2v) is 4.51. The monoisotopic (exact) mass is 214 g/mol. The van der Waals surface area contributed by atoms with Crippen LogP contribution in [0.25, 0.3) is 0 Å². The van der Waals surface area contributed by atoms with Crippen LogP contribution >= 0.6 is 0 Å². The van der Waals surface area contributed by atoms with Gasteiger partial charge in [-0.3, -0.25) is 4.68 Å². The minimum Gasteiger partial charge on any atom is -0.272 e. The Morgan fingerprint density at radius 3 is 2.25 bits per heavy atom. The normalized spacial score (nSPS) is 13.0. The Morgan fingerprint density at radius 2 is 1.75 bits per heavy atom. The summed E-state index contributed by atoms with van der Waals surface area (Å²) in [5.41, 5.74) is 2.64. The van der Waals surface area contributed by atoms with Gasteiger partial charge >= 0.3 is 0 Å².